The van der Waals surface area contributed by atoms with Crippen molar-refractivity contribution in [2.75, 3.05) is 20.7 Å². The number of halogens is 1. The van der Waals surface area contributed by atoms with Gasteiger partial charge in [-0.3, -0.25) is 4.90 Å². The van der Waals surface area contributed by atoms with Crippen molar-refractivity contribution in [3.63, 3.8) is 0 Å². The Bertz CT molecular complexity index is 428. The first-order chi connectivity index (χ1) is 8.56. The number of hydrogen-bond donors (Lipinski definition) is 0. The number of likely N-dealkylation sites (N-methyl/N-ethyl adjacent to an activating group) is 1. The predicted octanol–water partition coefficient (Wildman–Crippen LogP) is 3.45. The number of esters is 1. The Balaban J connectivity index is 2.51. The molecule has 5 heteroatoms. The number of nitrogens with zero attached hydrogens (tertiary/aromatic N) is 1. The molecule has 1 heterocycles. The fourth-order valence-electron chi connectivity index (χ4n) is 1.54. The summed E-state index contributed by atoms with van der Waals surface area (Å²) in [4.78, 5) is 14.9. The summed E-state index contributed by atoms with van der Waals surface area (Å²) in [5.74, 6) is -0.232. The van der Waals surface area contributed by atoms with Crippen LogP contribution in [-0.4, -0.2) is 31.6 Å². The minimum atomic E-state index is -0.232. The second-order valence-corrected chi connectivity index (χ2v) is 5.91. The third kappa shape index (κ3) is 4.92. The maximum Gasteiger partial charge on any atom is 0.333 e. The Morgan fingerprint density at radius 1 is 1.61 bits per heavy atom. The van der Waals surface area contributed by atoms with Gasteiger partial charge in [-0.05, 0) is 35.5 Å². The average molecular weight is 332 g/mol. The number of carbonyl (C=O) groups is 1. The van der Waals surface area contributed by atoms with Crippen LogP contribution in [0.1, 0.15) is 18.2 Å². The van der Waals surface area contributed by atoms with E-state index in [0.717, 1.165) is 23.1 Å². The molecule has 0 saturated carbocycles. The van der Waals surface area contributed by atoms with Crippen LogP contribution in [0.2, 0.25) is 0 Å². The molecule has 0 bridgehead atoms. The van der Waals surface area contributed by atoms with Crippen molar-refractivity contribution < 1.29 is 9.53 Å². The minimum Gasteiger partial charge on any atom is -0.466 e. The predicted molar refractivity (Wildman–Crippen MR) is 78.7 cm³/mol. The number of methoxy groups -OCH3 is 1. The summed E-state index contributed by atoms with van der Waals surface area (Å²) >= 11 is 5.17. The van der Waals surface area contributed by atoms with E-state index in [9.17, 15) is 4.79 Å². The summed E-state index contributed by atoms with van der Waals surface area (Å²) in [5.41, 5.74) is 0.733. The highest BCUT2D eigenvalue weighted by atomic mass is 79.9. The molecule has 3 nitrogen and oxygen atoms in total. The first kappa shape index (κ1) is 15.4. The van der Waals surface area contributed by atoms with Gasteiger partial charge in [-0.25, -0.2) is 4.79 Å². The monoisotopic (exact) mass is 331 g/mol. The average Bonchev–Trinajstić information content (AvgIpc) is 2.75. The largest absolute Gasteiger partial charge is 0.466 e. The van der Waals surface area contributed by atoms with E-state index >= 15 is 0 Å². The van der Waals surface area contributed by atoms with E-state index in [1.165, 1.54) is 12.0 Å². The molecule has 1 aromatic heterocycles. The number of hydrogen-bond acceptors (Lipinski definition) is 4. The van der Waals surface area contributed by atoms with Gasteiger partial charge in [-0.15, -0.1) is 11.3 Å². The Labute approximate surface area is 121 Å². The quantitative estimate of drug-likeness (QED) is 0.590. The lowest BCUT2D eigenvalue weighted by molar-refractivity contribution is -0.136. The van der Waals surface area contributed by atoms with Gasteiger partial charge in [-0.2, -0.15) is 0 Å². The summed E-state index contributed by atoms with van der Waals surface area (Å²) in [6.07, 6.45) is 2.64. The summed E-state index contributed by atoms with van der Waals surface area (Å²) in [7, 11) is 3.45. The van der Waals surface area contributed by atoms with E-state index in [1.807, 2.05) is 20.0 Å². The molecule has 0 fully saturated rings. The standard InChI is InChI=1S/C13H18BrNO2S/c1-4-10(13(16)17-3)5-6-15(2)8-12-7-11(14)9-18-12/h5,7,9H,4,6,8H2,1-3H3. The molecule has 0 saturated heterocycles. The van der Waals surface area contributed by atoms with Crippen LogP contribution in [0.5, 0.6) is 0 Å². The lowest BCUT2D eigenvalue weighted by Gasteiger charge is -2.13. The van der Waals surface area contributed by atoms with Gasteiger partial charge < -0.3 is 4.74 Å². The zero-order chi connectivity index (χ0) is 13.5. The minimum absolute atomic E-state index is 0.232. The van der Waals surface area contributed by atoms with Gasteiger partial charge in [0.2, 0.25) is 0 Å². The topological polar surface area (TPSA) is 29.5 Å². The molecule has 0 aliphatic carbocycles. The van der Waals surface area contributed by atoms with Gasteiger partial charge in [0, 0.05) is 33.4 Å². The van der Waals surface area contributed by atoms with Crippen LogP contribution in [0.3, 0.4) is 0 Å². The van der Waals surface area contributed by atoms with Crippen LogP contribution in [0.4, 0.5) is 0 Å². The molecule has 100 valence electrons. The molecular weight excluding hydrogens is 314 g/mol. The lowest BCUT2D eigenvalue weighted by atomic mass is 10.2. The molecule has 0 atom stereocenters. The van der Waals surface area contributed by atoms with E-state index < -0.39 is 0 Å². The van der Waals surface area contributed by atoms with Gasteiger partial charge in [0.05, 0.1) is 7.11 Å². The molecule has 1 rings (SSSR count). The zero-order valence-electron chi connectivity index (χ0n) is 10.9. The smallest absolute Gasteiger partial charge is 0.333 e. The van der Waals surface area contributed by atoms with Gasteiger partial charge in [-0.1, -0.05) is 13.0 Å². The number of rotatable bonds is 6. The van der Waals surface area contributed by atoms with Gasteiger partial charge in [0.25, 0.3) is 0 Å². The molecule has 1 aromatic rings. The maximum absolute atomic E-state index is 11.4. The second kappa shape index (κ2) is 7.71. The van der Waals surface area contributed by atoms with E-state index in [-0.39, 0.29) is 5.97 Å². The summed E-state index contributed by atoms with van der Waals surface area (Å²) < 4.78 is 5.85. The normalized spacial score (nSPS) is 11.9. The summed E-state index contributed by atoms with van der Waals surface area (Å²) in [6, 6.07) is 2.12. The highest BCUT2D eigenvalue weighted by molar-refractivity contribution is 9.10. The third-order valence-corrected chi connectivity index (χ3v) is 4.21. The number of carbonyl (C=O) groups excluding carboxylic acids is 1. The van der Waals surface area contributed by atoms with E-state index in [1.54, 1.807) is 11.3 Å². The second-order valence-electron chi connectivity index (χ2n) is 4.00. The SMILES string of the molecule is CCC(=CCN(C)Cc1cc(Br)cs1)C(=O)OC. The molecule has 0 radical (unpaired) electrons. The van der Waals surface area contributed by atoms with Crippen LogP contribution in [-0.2, 0) is 16.1 Å². The van der Waals surface area contributed by atoms with Crippen LogP contribution >= 0.6 is 27.3 Å². The van der Waals surface area contributed by atoms with Crippen molar-refractivity contribution in [2.24, 2.45) is 0 Å². The molecule has 0 aliphatic rings. The zero-order valence-corrected chi connectivity index (χ0v) is 13.3. The molecule has 0 spiro atoms. The number of ether oxygens (including phenoxy) is 1. The molecular formula is C13H18BrNO2S. The lowest BCUT2D eigenvalue weighted by Crippen LogP contribution is -2.18. The molecule has 0 amide bonds. The van der Waals surface area contributed by atoms with Crippen molar-refractivity contribution in [3.8, 4) is 0 Å². The van der Waals surface area contributed by atoms with Gasteiger partial charge >= 0.3 is 5.97 Å². The van der Waals surface area contributed by atoms with E-state index in [2.05, 4.69) is 32.3 Å². The Morgan fingerprint density at radius 2 is 2.33 bits per heavy atom. The molecule has 0 unspecified atom stereocenters. The van der Waals surface area contributed by atoms with Gasteiger partial charge in [0.1, 0.15) is 0 Å². The third-order valence-electron chi connectivity index (χ3n) is 2.53. The van der Waals surface area contributed by atoms with Crippen molar-refractivity contribution in [2.45, 2.75) is 19.9 Å². The Kier molecular flexibility index (Phi) is 6.60. The summed E-state index contributed by atoms with van der Waals surface area (Å²) in [6.45, 7) is 3.58. The number of thiophene rings is 1. The van der Waals surface area contributed by atoms with Crippen molar-refractivity contribution in [1.29, 1.82) is 0 Å². The van der Waals surface area contributed by atoms with Crippen molar-refractivity contribution >= 4 is 33.2 Å². The van der Waals surface area contributed by atoms with E-state index in [0.29, 0.717) is 6.42 Å². The van der Waals surface area contributed by atoms with Crippen LogP contribution in [0.25, 0.3) is 0 Å². The first-order valence-corrected chi connectivity index (χ1v) is 7.42. The van der Waals surface area contributed by atoms with Gasteiger partial charge in [0.15, 0.2) is 0 Å². The maximum atomic E-state index is 11.4. The molecule has 18 heavy (non-hydrogen) atoms. The fraction of sp³-hybridized carbons (Fsp3) is 0.462. The van der Waals surface area contributed by atoms with Crippen molar-refractivity contribution in [3.05, 3.63) is 32.4 Å². The van der Waals surface area contributed by atoms with Crippen LogP contribution in [0, 0.1) is 0 Å². The Morgan fingerprint density at radius 3 is 2.83 bits per heavy atom. The Hall–Kier alpha value is -0.650. The fourth-order valence-corrected chi connectivity index (χ4v) is 3.07. The molecule has 0 aromatic carbocycles. The van der Waals surface area contributed by atoms with Crippen molar-refractivity contribution in [1.82, 2.24) is 4.90 Å². The summed E-state index contributed by atoms with van der Waals surface area (Å²) in [5, 5.41) is 2.07. The highest BCUT2D eigenvalue weighted by Gasteiger charge is 2.07. The molecule has 0 aliphatic heterocycles. The van der Waals surface area contributed by atoms with Crippen LogP contribution < -0.4 is 0 Å². The first-order valence-electron chi connectivity index (χ1n) is 5.75. The van der Waals surface area contributed by atoms with E-state index in [4.69, 9.17) is 4.74 Å². The van der Waals surface area contributed by atoms with Crippen LogP contribution in [0.15, 0.2) is 27.6 Å². The highest BCUT2D eigenvalue weighted by Crippen LogP contribution is 2.20. The molecule has 0 N–H and O–H groups in total.